The van der Waals surface area contributed by atoms with E-state index in [1.807, 2.05) is 0 Å². The monoisotopic (exact) mass is 584 g/mol. The molecule has 1 atom stereocenters. The van der Waals surface area contributed by atoms with Crippen molar-refractivity contribution in [2.45, 2.75) is 18.7 Å². The predicted molar refractivity (Wildman–Crippen MR) is 143 cm³/mol. The number of nitrogens with zero attached hydrogens (tertiary/aromatic N) is 1. The number of aromatic nitrogens is 1. The Hall–Kier alpha value is -4.77. The quantitative estimate of drug-likeness (QED) is 0.221. The highest BCUT2D eigenvalue weighted by Crippen LogP contribution is 2.42. The summed E-state index contributed by atoms with van der Waals surface area (Å²) >= 11 is 6.36. The van der Waals surface area contributed by atoms with Crippen LogP contribution in [0.1, 0.15) is 34.0 Å². The van der Waals surface area contributed by atoms with Crippen molar-refractivity contribution >= 4 is 29.4 Å². The number of alkyl halides is 3. The normalized spacial score (nSPS) is 14.4. The van der Waals surface area contributed by atoms with Gasteiger partial charge < -0.3 is 24.6 Å². The molecule has 12 heteroatoms. The van der Waals surface area contributed by atoms with E-state index < -0.39 is 29.9 Å². The van der Waals surface area contributed by atoms with Gasteiger partial charge in [0.2, 0.25) is 0 Å². The van der Waals surface area contributed by atoms with Crippen LogP contribution in [0.3, 0.4) is 0 Å². The molecule has 1 amide bonds. The molecule has 0 saturated carbocycles. The first kappa shape index (κ1) is 27.8. The third-order valence-corrected chi connectivity index (χ3v) is 6.44. The van der Waals surface area contributed by atoms with E-state index in [4.69, 9.17) is 30.9 Å². The summed E-state index contributed by atoms with van der Waals surface area (Å²) < 4.78 is 55.4. The third-order valence-electron chi connectivity index (χ3n) is 6.14. The Balaban J connectivity index is 1.24. The van der Waals surface area contributed by atoms with Gasteiger partial charge in [0.1, 0.15) is 23.4 Å². The summed E-state index contributed by atoms with van der Waals surface area (Å²) in [7, 11) is 0. The van der Waals surface area contributed by atoms with Crippen LogP contribution in [0.25, 0.3) is 11.3 Å². The van der Waals surface area contributed by atoms with Crippen LogP contribution in [0.5, 0.6) is 17.2 Å². The molecule has 3 aromatic carbocycles. The molecule has 2 N–H and O–H groups in total. The Morgan fingerprint density at radius 1 is 1.05 bits per heavy atom. The number of hydrogen-bond donors (Lipinski definition) is 2. The number of pyridine rings is 1. The molecule has 0 spiro atoms. The van der Waals surface area contributed by atoms with Crippen LogP contribution >= 0.6 is 11.6 Å². The number of carboxylic acid groups (broad SMARTS) is 1. The van der Waals surface area contributed by atoms with Crippen molar-refractivity contribution in [2.75, 3.05) is 11.9 Å². The molecule has 0 radical (unpaired) electrons. The molecule has 0 saturated heterocycles. The summed E-state index contributed by atoms with van der Waals surface area (Å²) in [6, 6.07) is 17.2. The highest BCUT2D eigenvalue weighted by Gasteiger charge is 2.30. The molecule has 0 fully saturated rings. The number of benzene rings is 3. The number of nitrogens with one attached hydrogen (secondary N) is 1. The van der Waals surface area contributed by atoms with Gasteiger partial charge in [-0.3, -0.25) is 9.78 Å². The van der Waals surface area contributed by atoms with Gasteiger partial charge in [-0.1, -0.05) is 23.7 Å². The molecule has 1 unspecified atom stereocenters. The van der Waals surface area contributed by atoms with Gasteiger partial charge in [0.15, 0.2) is 0 Å². The van der Waals surface area contributed by atoms with Gasteiger partial charge in [0.25, 0.3) is 5.91 Å². The minimum absolute atomic E-state index is 0.219. The van der Waals surface area contributed by atoms with Gasteiger partial charge >= 0.3 is 12.3 Å². The molecule has 5 rings (SSSR count). The zero-order chi connectivity index (χ0) is 29.1. The fraction of sp³-hybridized carbons (Fsp3) is 0.138. The number of halogens is 4. The predicted octanol–water partition coefficient (Wildman–Crippen LogP) is 7.98. The second-order valence-electron chi connectivity index (χ2n) is 8.92. The van der Waals surface area contributed by atoms with Crippen LogP contribution < -0.4 is 14.8 Å². The molecule has 0 bridgehead atoms. The smallest absolute Gasteiger partial charge is 0.493 e. The summed E-state index contributed by atoms with van der Waals surface area (Å²) in [4.78, 5) is 27.9. The summed E-state index contributed by atoms with van der Waals surface area (Å²) in [6.45, 7) is 0.263. The van der Waals surface area contributed by atoms with Gasteiger partial charge in [-0.05, 0) is 54.6 Å². The Morgan fingerprint density at radius 3 is 2.51 bits per heavy atom. The van der Waals surface area contributed by atoms with Crippen molar-refractivity contribution in [1.29, 1.82) is 0 Å². The van der Waals surface area contributed by atoms with Crippen LogP contribution in [0, 0.1) is 0 Å². The molecule has 1 aliphatic heterocycles. The SMILES string of the molecule is O=C(O)OC1CCOc2cc(Oc3ccc(C(=O)Nc4ccc(-c5cccc(C(F)(F)F)c5)nc4)cc3)c(Cl)cc21. The van der Waals surface area contributed by atoms with Crippen LogP contribution in [0.4, 0.5) is 23.7 Å². The second kappa shape index (κ2) is 11.4. The van der Waals surface area contributed by atoms with Gasteiger partial charge in [-0.2, -0.15) is 13.2 Å². The minimum atomic E-state index is -4.46. The molecule has 8 nitrogen and oxygen atoms in total. The van der Waals surface area contributed by atoms with Crippen molar-refractivity contribution in [2.24, 2.45) is 0 Å². The van der Waals surface area contributed by atoms with Crippen molar-refractivity contribution in [3.8, 4) is 28.5 Å². The van der Waals surface area contributed by atoms with E-state index in [1.54, 1.807) is 24.3 Å². The topological polar surface area (TPSA) is 107 Å². The standard InChI is InChI=1S/C29H20ClF3N2O6/c30-22-13-21-24(41-28(37)38)10-11-39-25(21)14-26(22)40-20-7-4-16(5-8-20)27(36)35-19-6-9-23(34-15-19)17-2-1-3-18(12-17)29(31,32)33/h1-9,12-15,24H,10-11H2,(H,35,36)(H,37,38). The number of amides is 1. The molecule has 1 aliphatic rings. The number of hydrogen-bond acceptors (Lipinski definition) is 6. The lowest BCUT2D eigenvalue weighted by molar-refractivity contribution is -0.137. The van der Waals surface area contributed by atoms with Crippen LogP contribution in [-0.4, -0.2) is 28.8 Å². The van der Waals surface area contributed by atoms with E-state index in [1.165, 1.54) is 42.6 Å². The summed E-state index contributed by atoms with van der Waals surface area (Å²) in [5, 5.41) is 11.9. The Labute approximate surface area is 236 Å². The molecule has 2 heterocycles. The Kier molecular flexibility index (Phi) is 7.71. The van der Waals surface area contributed by atoms with E-state index in [0.717, 1.165) is 12.1 Å². The summed E-state index contributed by atoms with van der Waals surface area (Å²) in [5.74, 6) is 0.607. The number of carbonyl (C=O) groups excluding carboxylic acids is 1. The lowest BCUT2D eigenvalue weighted by Gasteiger charge is -2.25. The Bertz CT molecular complexity index is 1590. The molecule has 4 aromatic rings. The van der Waals surface area contributed by atoms with Crippen LogP contribution in [0.15, 0.2) is 79.0 Å². The molecular formula is C29H20ClF3N2O6. The molecule has 41 heavy (non-hydrogen) atoms. The first-order chi connectivity index (χ1) is 19.6. The Morgan fingerprint density at radius 2 is 1.83 bits per heavy atom. The second-order valence-corrected chi connectivity index (χ2v) is 9.33. The third kappa shape index (κ3) is 6.52. The minimum Gasteiger partial charge on any atom is -0.493 e. The van der Waals surface area contributed by atoms with Gasteiger partial charge in [-0.25, -0.2) is 4.79 Å². The first-order valence-electron chi connectivity index (χ1n) is 12.2. The number of rotatable bonds is 6. The van der Waals surface area contributed by atoms with Gasteiger partial charge in [-0.15, -0.1) is 0 Å². The number of ether oxygens (including phenoxy) is 3. The van der Waals surface area contributed by atoms with Crippen molar-refractivity contribution in [3.05, 3.63) is 101 Å². The lowest BCUT2D eigenvalue weighted by atomic mass is 10.0. The molecule has 1 aromatic heterocycles. The number of anilines is 1. The van der Waals surface area contributed by atoms with E-state index in [-0.39, 0.29) is 17.4 Å². The summed E-state index contributed by atoms with van der Waals surface area (Å²) in [6.07, 6.45) is -4.85. The van der Waals surface area contributed by atoms with Crippen LogP contribution in [-0.2, 0) is 10.9 Å². The molecular weight excluding hydrogens is 565 g/mol. The maximum Gasteiger partial charge on any atom is 0.506 e. The van der Waals surface area contributed by atoms with Crippen molar-refractivity contribution in [1.82, 2.24) is 4.98 Å². The average Bonchev–Trinajstić information content (AvgIpc) is 2.94. The highest BCUT2D eigenvalue weighted by atomic mass is 35.5. The van der Waals surface area contributed by atoms with E-state index in [2.05, 4.69) is 10.3 Å². The highest BCUT2D eigenvalue weighted by molar-refractivity contribution is 6.32. The van der Waals surface area contributed by atoms with Crippen molar-refractivity contribution < 1.29 is 42.1 Å². The maximum absolute atomic E-state index is 13.0. The average molecular weight is 585 g/mol. The molecule has 0 aliphatic carbocycles. The van der Waals surface area contributed by atoms with E-state index >= 15 is 0 Å². The van der Waals surface area contributed by atoms with Gasteiger partial charge in [0, 0.05) is 29.2 Å². The fourth-order valence-corrected chi connectivity index (χ4v) is 4.39. The van der Waals surface area contributed by atoms with Gasteiger partial charge in [0.05, 0.1) is 34.8 Å². The van der Waals surface area contributed by atoms with E-state index in [0.29, 0.717) is 46.0 Å². The lowest BCUT2D eigenvalue weighted by Crippen LogP contribution is -2.18. The zero-order valence-electron chi connectivity index (χ0n) is 20.9. The largest absolute Gasteiger partial charge is 0.506 e. The van der Waals surface area contributed by atoms with E-state index in [9.17, 15) is 22.8 Å². The van der Waals surface area contributed by atoms with Crippen molar-refractivity contribution in [3.63, 3.8) is 0 Å². The maximum atomic E-state index is 13.0. The summed E-state index contributed by atoms with van der Waals surface area (Å²) in [5.41, 5.74) is 1.02. The fourth-order valence-electron chi connectivity index (χ4n) is 4.18. The zero-order valence-corrected chi connectivity index (χ0v) is 21.7. The van der Waals surface area contributed by atoms with Crippen LogP contribution in [0.2, 0.25) is 5.02 Å². The first-order valence-corrected chi connectivity index (χ1v) is 12.5. The molecule has 210 valence electrons. The number of fused-ring (bicyclic) bond motifs is 1. The number of carbonyl (C=O) groups is 2.